The molecule has 3 nitrogen and oxygen atoms in total. The maximum atomic E-state index is 12.9. The Kier molecular flexibility index (Phi) is 4.59. The third-order valence-corrected chi connectivity index (χ3v) is 3.18. The number of benzene rings is 1. The normalized spacial score (nSPS) is 11.4. The summed E-state index contributed by atoms with van der Waals surface area (Å²) in [5.41, 5.74) is 5.95. The average molecular weight is 307 g/mol. The van der Waals surface area contributed by atoms with Gasteiger partial charge in [0.1, 0.15) is 0 Å². The number of carbonyl (C=O) groups excluding carboxylic acids is 1. The Morgan fingerprint density at radius 2 is 2.18 bits per heavy atom. The zero-order chi connectivity index (χ0) is 13.1. The topological polar surface area (TPSA) is 55.1 Å². The van der Waals surface area contributed by atoms with E-state index in [-0.39, 0.29) is 0 Å². The van der Waals surface area contributed by atoms with E-state index in [4.69, 9.17) is 5.73 Å². The third kappa shape index (κ3) is 3.74. The van der Waals surface area contributed by atoms with Crippen LogP contribution >= 0.6 is 15.9 Å². The third-order valence-electron chi connectivity index (χ3n) is 2.32. The van der Waals surface area contributed by atoms with Gasteiger partial charge in [-0.15, -0.1) is 0 Å². The Morgan fingerprint density at radius 3 is 2.76 bits per heavy atom. The molecule has 0 spiro atoms. The number of carbonyl (C=O) groups is 1. The van der Waals surface area contributed by atoms with Crippen LogP contribution in [0.5, 0.6) is 0 Å². The molecule has 0 aliphatic heterocycles. The van der Waals surface area contributed by atoms with Crippen LogP contribution in [0.4, 0.5) is 8.78 Å². The molecule has 0 fully saturated rings. The van der Waals surface area contributed by atoms with Crippen molar-refractivity contribution in [3.05, 3.63) is 33.8 Å². The van der Waals surface area contributed by atoms with Crippen LogP contribution in [0.2, 0.25) is 0 Å². The summed E-state index contributed by atoms with van der Waals surface area (Å²) in [4.78, 5) is 11.7. The predicted octanol–water partition coefficient (Wildman–Crippen LogP) is 2.08. The molecule has 0 heterocycles. The average Bonchev–Trinajstić information content (AvgIpc) is 2.30. The number of nitrogens with two attached hydrogens (primary N) is 1. The maximum Gasteiger partial charge on any atom is 0.277 e. The van der Waals surface area contributed by atoms with Crippen molar-refractivity contribution in [2.45, 2.75) is 12.8 Å². The Morgan fingerprint density at radius 1 is 1.53 bits per heavy atom. The highest BCUT2D eigenvalue weighted by Crippen LogP contribution is 2.19. The van der Waals surface area contributed by atoms with Gasteiger partial charge in [0.25, 0.3) is 11.8 Å². The second kappa shape index (κ2) is 5.55. The molecule has 0 bridgehead atoms. The van der Waals surface area contributed by atoms with Gasteiger partial charge in [0, 0.05) is 10.0 Å². The minimum Gasteiger partial charge on any atom is -0.346 e. The van der Waals surface area contributed by atoms with Crippen LogP contribution in [-0.4, -0.2) is 24.9 Å². The molecule has 1 rings (SSSR count). The first-order chi connectivity index (χ1) is 7.87. The number of hydrogen-bond acceptors (Lipinski definition) is 2. The van der Waals surface area contributed by atoms with Crippen LogP contribution in [0.3, 0.4) is 0 Å². The molecule has 0 atom stereocenters. The van der Waals surface area contributed by atoms with E-state index in [0.717, 1.165) is 4.47 Å². The van der Waals surface area contributed by atoms with Crippen molar-refractivity contribution in [2.24, 2.45) is 5.73 Å². The molecule has 0 aliphatic carbocycles. The summed E-state index contributed by atoms with van der Waals surface area (Å²) in [7, 11) is 0. The summed E-state index contributed by atoms with van der Waals surface area (Å²) in [5.74, 6) is -3.60. The fourth-order valence-corrected chi connectivity index (χ4v) is 1.60. The fourth-order valence-electron chi connectivity index (χ4n) is 1.23. The minimum absolute atomic E-state index is 0.368. The summed E-state index contributed by atoms with van der Waals surface area (Å²) in [5, 5.41) is 2.17. The van der Waals surface area contributed by atoms with Crippen molar-refractivity contribution in [2.75, 3.05) is 13.1 Å². The largest absolute Gasteiger partial charge is 0.346 e. The van der Waals surface area contributed by atoms with Gasteiger partial charge in [-0.25, -0.2) is 8.78 Å². The second-order valence-electron chi connectivity index (χ2n) is 3.66. The van der Waals surface area contributed by atoms with Crippen LogP contribution in [0.25, 0.3) is 0 Å². The Bertz CT molecular complexity index is 424. The van der Waals surface area contributed by atoms with Gasteiger partial charge < -0.3 is 11.1 Å². The number of hydrogen-bond donors (Lipinski definition) is 2. The van der Waals surface area contributed by atoms with Gasteiger partial charge in [0.15, 0.2) is 0 Å². The van der Waals surface area contributed by atoms with E-state index >= 15 is 0 Å². The maximum absolute atomic E-state index is 12.9. The fraction of sp³-hybridized carbons (Fsp3) is 0.364. The van der Waals surface area contributed by atoms with Gasteiger partial charge in [-0.2, -0.15) is 0 Å². The molecule has 1 aromatic carbocycles. The molecule has 6 heteroatoms. The van der Waals surface area contributed by atoms with Gasteiger partial charge in [0.2, 0.25) is 0 Å². The zero-order valence-electron chi connectivity index (χ0n) is 9.27. The van der Waals surface area contributed by atoms with Crippen LogP contribution < -0.4 is 11.1 Å². The van der Waals surface area contributed by atoms with Crippen LogP contribution in [0.15, 0.2) is 22.7 Å². The van der Waals surface area contributed by atoms with E-state index in [1.54, 1.807) is 25.1 Å². The number of halogens is 3. The van der Waals surface area contributed by atoms with E-state index in [0.29, 0.717) is 11.1 Å². The van der Waals surface area contributed by atoms with Crippen LogP contribution in [-0.2, 0) is 0 Å². The quantitative estimate of drug-likeness (QED) is 0.895. The molecular weight excluding hydrogens is 294 g/mol. The number of alkyl halides is 2. The standard InChI is InChI=1S/C11H13BrF2N2O/c1-7-8(3-2-4-9(7)12)10(17)16-6-11(13,14)5-15/h2-4H,5-6,15H2,1H3,(H,16,17). The summed E-state index contributed by atoms with van der Waals surface area (Å²) in [6.45, 7) is 0.194. The predicted molar refractivity (Wildman–Crippen MR) is 65.2 cm³/mol. The SMILES string of the molecule is Cc1c(Br)cccc1C(=O)NCC(F)(F)CN. The molecule has 0 aliphatic rings. The lowest BCUT2D eigenvalue weighted by Gasteiger charge is -2.15. The molecule has 0 radical (unpaired) electrons. The van der Waals surface area contributed by atoms with E-state index in [2.05, 4.69) is 21.2 Å². The summed E-state index contributed by atoms with van der Waals surface area (Å²) in [6, 6.07) is 5.03. The highest BCUT2D eigenvalue weighted by molar-refractivity contribution is 9.10. The first kappa shape index (κ1) is 14.1. The first-order valence-electron chi connectivity index (χ1n) is 4.98. The molecule has 0 unspecified atom stereocenters. The lowest BCUT2D eigenvalue weighted by atomic mass is 10.1. The molecule has 0 saturated carbocycles. The van der Waals surface area contributed by atoms with E-state index in [1.807, 2.05) is 0 Å². The van der Waals surface area contributed by atoms with Gasteiger partial charge >= 0.3 is 0 Å². The first-order valence-corrected chi connectivity index (χ1v) is 5.78. The molecule has 1 aromatic rings. The highest BCUT2D eigenvalue weighted by atomic mass is 79.9. The highest BCUT2D eigenvalue weighted by Gasteiger charge is 2.27. The van der Waals surface area contributed by atoms with Crippen molar-refractivity contribution < 1.29 is 13.6 Å². The molecular formula is C11H13BrF2N2O. The van der Waals surface area contributed by atoms with Gasteiger partial charge in [-0.05, 0) is 24.6 Å². The van der Waals surface area contributed by atoms with Crippen molar-refractivity contribution in [3.8, 4) is 0 Å². The zero-order valence-corrected chi connectivity index (χ0v) is 10.9. The number of nitrogens with one attached hydrogen (secondary N) is 1. The number of amides is 1. The summed E-state index contributed by atoms with van der Waals surface area (Å²) >= 11 is 3.27. The summed E-state index contributed by atoms with van der Waals surface area (Å²) < 4.78 is 26.5. The Balaban J connectivity index is 2.74. The smallest absolute Gasteiger partial charge is 0.277 e. The van der Waals surface area contributed by atoms with Crippen molar-refractivity contribution in [3.63, 3.8) is 0 Å². The van der Waals surface area contributed by atoms with Gasteiger partial charge in [-0.1, -0.05) is 22.0 Å². The second-order valence-corrected chi connectivity index (χ2v) is 4.51. The minimum atomic E-state index is -3.07. The molecule has 0 aromatic heterocycles. The lowest BCUT2D eigenvalue weighted by Crippen LogP contribution is -2.41. The van der Waals surface area contributed by atoms with Crippen LogP contribution in [0, 0.1) is 6.92 Å². The van der Waals surface area contributed by atoms with Crippen molar-refractivity contribution >= 4 is 21.8 Å². The molecule has 1 amide bonds. The van der Waals surface area contributed by atoms with Crippen LogP contribution in [0.1, 0.15) is 15.9 Å². The van der Waals surface area contributed by atoms with Gasteiger partial charge in [-0.3, -0.25) is 4.79 Å². The lowest BCUT2D eigenvalue weighted by molar-refractivity contribution is 0.0118. The molecule has 0 saturated heterocycles. The number of rotatable bonds is 4. The molecule has 94 valence electrons. The van der Waals surface area contributed by atoms with Gasteiger partial charge in [0.05, 0.1) is 13.1 Å². The van der Waals surface area contributed by atoms with E-state index < -0.39 is 24.9 Å². The molecule has 3 N–H and O–H groups in total. The summed E-state index contributed by atoms with van der Waals surface area (Å²) in [6.07, 6.45) is 0. The Labute approximate surface area is 107 Å². The van der Waals surface area contributed by atoms with E-state index in [9.17, 15) is 13.6 Å². The van der Waals surface area contributed by atoms with Crippen molar-refractivity contribution in [1.82, 2.24) is 5.32 Å². The van der Waals surface area contributed by atoms with Crippen molar-refractivity contribution in [1.29, 1.82) is 0 Å². The molecule has 17 heavy (non-hydrogen) atoms. The Hall–Kier alpha value is -1.01. The monoisotopic (exact) mass is 306 g/mol. The van der Waals surface area contributed by atoms with E-state index in [1.165, 1.54) is 0 Å².